The second-order valence-corrected chi connectivity index (χ2v) is 1.84. The molecule has 0 aliphatic carbocycles. The third-order valence-electron chi connectivity index (χ3n) is 1.11. The van der Waals surface area contributed by atoms with E-state index in [2.05, 4.69) is 0 Å². The van der Waals surface area contributed by atoms with E-state index in [1.165, 1.54) is 0 Å². The van der Waals surface area contributed by atoms with Gasteiger partial charge in [0.2, 0.25) is 0 Å². The Morgan fingerprint density at radius 3 is 2.40 bits per heavy atom. The summed E-state index contributed by atoms with van der Waals surface area (Å²) >= 11 is 0. The van der Waals surface area contributed by atoms with Crippen molar-refractivity contribution in [2.75, 3.05) is 5.73 Å². The summed E-state index contributed by atoms with van der Waals surface area (Å²) in [4.78, 5) is 0. The van der Waals surface area contributed by atoms with E-state index in [0.29, 0.717) is 11.4 Å². The predicted octanol–water partition coefficient (Wildman–Crippen LogP) is -0.0936. The molecule has 0 amide bonds. The molecule has 0 fully saturated rings. The van der Waals surface area contributed by atoms with E-state index >= 15 is 0 Å². The lowest BCUT2D eigenvalue weighted by Gasteiger charge is -2.00. The van der Waals surface area contributed by atoms with Crippen LogP contribution in [0.2, 0.25) is 0 Å². The van der Waals surface area contributed by atoms with Crippen molar-refractivity contribution in [3.63, 3.8) is 0 Å². The van der Waals surface area contributed by atoms with Crippen LogP contribution in [0.3, 0.4) is 0 Å². The van der Waals surface area contributed by atoms with E-state index in [0.717, 1.165) is 0 Å². The van der Waals surface area contributed by atoms with E-state index in [1.807, 2.05) is 0 Å². The predicted molar refractivity (Wildman–Crippen MR) is 40.9 cm³/mol. The summed E-state index contributed by atoms with van der Waals surface area (Å²) < 4.78 is 4.76. The molecule has 0 aromatic heterocycles. The van der Waals surface area contributed by atoms with E-state index in [9.17, 15) is 0 Å². The zero-order chi connectivity index (χ0) is 7.40. The monoisotopic (exact) mass is 137 g/mol. The van der Waals surface area contributed by atoms with E-state index < -0.39 is 0 Å². The Balaban J connectivity index is 2.69. The van der Waals surface area contributed by atoms with Crippen molar-refractivity contribution in [2.45, 2.75) is 0 Å². The Bertz CT molecular complexity index is 199. The molecule has 52 valence electrons. The van der Waals surface area contributed by atoms with E-state index in [1.54, 1.807) is 24.3 Å². The fraction of sp³-hybridized carbons (Fsp3) is 0. The number of nitrogen functional groups attached to an aromatic ring is 1. The van der Waals surface area contributed by atoms with Gasteiger partial charge in [0.05, 0.1) is 0 Å². The van der Waals surface area contributed by atoms with Crippen LogP contribution in [0, 0.1) is 0 Å². The average Bonchev–Trinajstić information content (AvgIpc) is 1.95. The molecule has 4 heteroatoms. The number of anilines is 1. The quantitative estimate of drug-likeness (QED) is 0.442. The standard InChI is InChI=1S/C6H8BNO2/c8-5-1-3-6(4-2-5)10-7-9/h1-4,7,9H,8H2. The van der Waals surface area contributed by atoms with Gasteiger partial charge in [0.15, 0.2) is 0 Å². The van der Waals surface area contributed by atoms with Crippen LogP contribution in [0.15, 0.2) is 24.3 Å². The summed E-state index contributed by atoms with van der Waals surface area (Å²) in [6, 6.07) is 6.83. The summed E-state index contributed by atoms with van der Waals surface area (Å²) in [5, 5.41) is 8.34. The van der Waals surface area contributed by atoms with Gasteiger partial charge >= 0.3 is 7.69 Å². The van der Waals surface area contributed by atoms with Crippen LogP contribution in [0.4, 0.5) is 5.69 Å². The van der Waals surface area contributed by atoms with Crippen LogP contribution in [0.25, 0.3) is 0 Å². The Morgan fingerprint density at radius 2 is 1.90 bits per heavy atom. The lowest BCUT2D eigenvalue weighted by molar-refractivity contribution is 0.454. The van der Waals surface area contributed by atoms with Crippen molar-refractivity contribution in [1.82, 2.24) is 0 Å². The lowest BCUT2D eigenvalue weighted by Crippen LogP contribution is -1.99. The van der Waals surface area contributed by atoms with Gasteiger partial charge in [0, 0.05) is 5.69 Å². The molecular formula is C6H8BNO2. The molecule has 3 N–H and O–H groups in total. The van der Waals surface area contributed by atoms with Crippen molar-refractivity contribution >= 4 is 13.4 Å². The fourth-order valence-electron chi connectivity index (χ4n) is 0.639. The number of rotatable bonds is 2. The fourth-order valence-corrected chi connectivity index (χ4v) is 0.639. The molecule has 0 unspecified atom stereocenters. The minimum Gasteiger partial charge on any atom is -0.539 e. The molecular weight excluding hydrogens is 129 g/mol. The zero-order valence-corrected chi connectivity index (χ0v) is 5.45. The van der Waals surface area contributed by atoms with Gasteiger partial charge in [-0.15, -0.1) is 0 Å². The number of hydrogen-bond donors (Lipinski definition) is 2. The molecule has 3 nitrogen and oxygen atoms in total. The SMILES string of the molecule is Nc1ccc(OBO)cc1. The van der Waals surface area contributed by atoms with Crippen molar-refractivity contribution in [2.24, 2.45) is 0 Å². The first kappa shape index (κ1) is 6.96. The molecule has 1 aromatic rings. The van der Waals surface area contributed by atoms with Crippen molar-refractivity contribution in [3.05, 3.63) is 24.3 Å². The lowest BCUT2D eigenvalue weighted by atomic mass is 10.3. The van der Waals surface area contributed by atoms with Crippen LogP contribution >= 0.6 is 0 Å². The van der Waals surface area contributed by atoms with Gasteiger partial charge in [-0.1, -0.05) is 0 Å². The molecule has 0 radical (unpaired) electrons. The summed E-state index contributed by atoms with van der Waals surface area (Å²) in [6.45, 7) is 0. The molecule has 1 aromatic carbocycles. The molecule has 0 aliphatic rings. The first-order chi connectivity index (χ1) is 4.83. The van der Waals surface area contributed by atoms with Crippen molar-refractivity contribution in [3.8, 4) is 5.75 Å². The number of nitrogens with two attached hydrogens (primary N) is 1. The van der Waals surface area contributed by atoms with Crippen molar-refractivity contribution in [1.29, 1.82) is 0 Å². The van der Waals surface area contributed by atoms with Gasteiger partial charge in [-0.3, -0.25) is 0 Å². The summed E-state index contributed by atoms with van der Waals surface area (Å²) in [6.07, 6.45) is 0. The number of benzene rings is 1. The van der Waals surface area contributed by atoms with Gasteiger partial charge in [-0.25, -0.2) is 0 Å². The highest BCUT2D eigenvalue weighted by molar-refractivity contribution is 6.17. The van der Waals surface area contributed by atoms with Crippen LogP contribution < -0.4 is 10.4 Å². The third kappa shape index (κ3) is 1.67. The Labute approximate surface area is 59.7 Å². The smallest absolute Gasteiger partial charge is 0.504 e. The Morgan fingerprint density at radius 1 is 1.30 bits per heavy atom. The van der Waals surface area contributed by atoms with E-state index in [4.69, 9.17) is 15.4 Å². The van der Waals surface area contributed by atoms with Crippen molar-refractivity contribution < 1.29 is 9.68 Å². The van der Waals surface area contributed by atoms with Gasteiger partial charge in [0.1, 0.15) is 5.75 Å². The molecule has 10 heavy (non-hydrogen) atoms. The first-order valence-electron chi connectivity index (χ1n) is 2.92. The maximum absolute atomic E-state index is 8.34. The molecule has 0 saturated carbocycles. The average molecular weight is 137 g/mol. The molecule has 0 spiro atoms. The summed E-state index contributed by atoms with van der Waals surface area (Å²) in [7, 11) is -0.302. The minimum atomic E-state index is -0.302. The maximum Gasteiger partial charge on any atom is 0.504 e. The van der Waals surface area contributed by atoms with Crippen LogP contribution in [-0.2, 0) is 0 Å². The number of hydrogen-bond acceptors (Lipinski definition) is 3. The normalized spacial score (nSPS) is 8.90. The third-order valence-corrected chi connectivity index (χ3v) is 1.11. The minimum absolute atomic E-state index is 0.302. The van der Waals surface area contributed by atoms with E-state index in [-0.39, 0.29) is 7.69 Å². The Hall–Kier alpha value is -1.16. The van der Waals surface area contributed by atoms with Crippen LogP contribution in [-0.4, -0.2) is 12.7 Å². The molecule has 0 saturated heterocycles. The molecule has 0 bridgehead atoms. The van der Waals surface area contributed by atoms with Gasteiger partial charge in [-0.05, 0) is 24.3 Å². The highest BCUT2D eigenvalue weighted by Gasteiger charge is 1.90. The summed E-state index contributed by atoms with van der Waals surface area (Å²) in [5.74, 6) is 0.622. The highest BCUT2D eigenvalue weighted by Crippen LogP contribution is 2.11. The largest absolute Gasteiger partial charge is 0.539 e. The maximum atomic E-state index is 8.34. The molecule has 0 heterocycles. The molecule has 0 atom stereocenters. The summed E-state index contributed by atoms with van der Waals surface area (Å²) in [5.41, 5.74) is 6.09. The Kier molecular flexibility index (Phi) is 2.17. The molecule has 1 rings (SSSR count). The second kappa shape index (κ2) is 3.13. The van der Waals surface area contributed by atoms with Crippen LogP contribution in [0.1, 0.15) is 0 Å². The topological polar surface area (TPSA) is 55.5 Å². The van der Waals surface area contributed by atoms with Crippen LogP contribution in [0.5, 0.6) is 5.75 Å². The van der Waals surface area contributed by atoms with Gasteiger partial charge < -0.3 is 15.4 Å². The van der Waals surface area contributed by atoms with Gasteiger partial charge in [0.25, 0.3) is 0 Å². The highest BCUT2D eigenvalue weighted by atomic mass is 16.5. The molecule has 0 aliphatic heterocycles. The van der Waals surface area contributed by atoms with Gasteiger partial charge in [-0.2, -0.15) is 0 Å². The zero-order valence-electron chi connectivity index (χ0n) is 5.45. The first-order valence-corrected chi connectivity index (χ1v) is 2.92. The second-order valence-electron chi connectivity index (χ2n) is 1.84.